The van der Waals surface area contributed by atoms with E-state index in [1.807, 2.05) is 61.5 Å². The number of nitrogens with zero attached hydrogens (tertiary/aromatic N) is 1. The Balaban J connectivity index is 1.90. The number of hydrogen-bond donors (Lipinski definition) is 0. The lowest BCUT2D eigenvalue weighted by atomic mass is 10.0. The zero-order chi connectivity index (χ0) is 14.8. The summed E-state index contributed by atoms with van der Waals surface area (Å²) in [6.07, 6.45) is 0.312. The van der Waals surface area contributed by atoms with E-state index in [1.165, 1.54) is 0 Å². The first-order chi connectivity index (χ1) is 10.1. The van der Waals surface area contributed by atoms with Gasteiger partial charge in [-0.05, 0) is 31.2 Å². The van der Waals surface area contributed by atoms with Crippen molar-refractivity contribution in [3.63, 3.8) is 0 Å². The predicted octanol–water partition coefficient (Wildman–Crippen LogP) is 4.73. The first-order valence-electron chi connectivity index (χ1n) is 6.77. The first kappa shape index (κ1) is 14.0. The van der Waals surface area contributed by atoms with Gasteiger partial charge in [0, 0.05) is 21.1 Å². The van der Waals surface area contributed by atoms with Gasteiger partial charge < -0.3 is 0 Å². The highest BCUT2D eigenvalue weighted by Crippen LogP contribution is 2.20. The van der Waals surface area contributed by atoms with Crippen LogP contribution in [0, 0.1) is 6.92 Å². The number of halogens is 1. The maximum absolute atomic E-state index is 12.5. The van der Waals surface area contributed by atoms with Gasteiger partial charge in [-0.1, -0.05) is 51.8 Å². The number of rotatable bonds is 3. The molecule has 3 heteroatoms. The molecule has 0 aliphatic rings. The number of aryl methyl sites for hydroxylation is 1. The minimum atomic E-state index is 0.0772. The fraction of sp³-hybridized carbons (Fsp3) is 0.111. The summed E-state index contributed by atoms with van der Waals surface area (Å²) < 4.78 is 0.832. The van der Waals surface area contributed by atoms with Crippen molar-refractivity contribution in [2.24, 2.45) is 0 Å². The lowest BCUT2D eigenvalue weighted by Gasteiger charge is -2.06. The van der Waals surface area contributed by atoms with Crippen LogP contribution in [-0.4, -0.2) is 10.8 Å². The highest BCUT2D eigenvalue weighted by molar-refractivity contribution is 9.10. The van der Waals surface area contributed by atoms with Gasteiger partial charge in [0.05, 0.1) is 11.9 Å². The Morgan fingerprint density at radius 3 is 2.76 bits per heavy atom. The zero-order valence-electron chi connectivity index (χ0n) is 11.6. The fourth-order valence-corrected chi connectivity index (χ4v) is 2.79. The molecule has 21 heavy (non-hydrogen) atoms. The molecule has 1 aromatic heterocycles. The third kappa shape index (κ3) is 3.03. The van der Waals surface area contributed by atoms with Gasteiger partial charge in [-0.25, -0.2) is 0 Å². The topological polar surface area (TPSA) is 30.0 Å². The second-order valence-corrected chi connectivity index (χ2v) is 5.93. The van der Waals surface area contributed by atoms with Crippen molar-refractivity contribution < 1.29 is 4.79 Å². The Bertz CT molecular complexity index is 826. The van der Waals surface area contributed by atoms with E-state index in [2.05, 4.69) is 20.9 Å². The van der Waals surface area contributed by atoms with Crippen LogP contribution in [0.1, 0.15) is 21.6 Å². The maximum Gasteiger partial charge on any atom is 0.169 e. The van der Waals surface area contributed by atoms with Gasteiger partial charge in [0.1, 0.15) is 0 Å². The average Bonchev–Trinajstić information content (AvgIpc) is 2.49. The highest BCUT2D eigenvalue weighted by atomic mass is 79.9. The molecule has 2 aromatic carbocycles. The van der Waals surface area contributed by atoms with Gasteiger partial charge in [-0.15, -0.1) is 0 Å². The molecule has 104 valence electrons. The van der Waals surface area contributed by atoms with Crippen LogP contribution in [0.3, 0.4) is 0 Å². The maximum atomic E-state index is 12.5. The van der Waals surface area contributed by atoms with Crippen molar-refractivity contribution in [1.29, 1.82) is 0 Å². The number of benzene rings is 2. The van der Waals surface area contributed by atoms with Crippen LogP contribution in [0.5, 0.6) is 0 Å². The Labute approximate surface area is 132 Å². The zero-order valence-corrected chi connectivity index (χ0v) is 13.2. The Hall–Kier alpha value is -2.00. The molecule has 0 N–H and O–H groups in total. The van der Waals surface area contributed by atoms with Crippen LogP contribution >= 0.6 is 15.9 Å². The predicted molar refractivity (Wildman–Crippen MR) is 88.7 cm³/mol. The molecule has 3 rings (SSSR count). The summed E-state index contributed by atoms with van der Waals surface area (Å²) in [5.41, 5.74) is 3.51. The number of pyridine rings is 1. The lowest BCUT2D eigenvalue weighted by Crippen LogP contribution is -2.06. The molecule has 0 radical (unpaired) electrons. The Kier molecular flexibility index (Phi) is 3.84. The van der Waals surface area contributed by atoms with Crippen LogP contribution in [0.25, 0.3) is 10.9 Å². The van der Waals surface area contributed by atoms with E-state index in [0.717, 1.165) is 26.6 Å². The van der Waals surface area contributed by atoms with E-state index < -0.39 is 0 Å². The van der Waals surface area contributed by atoms with E-state index >= 15 is 0 Å². The summed E-state index contributed by atoms with van der Waals surface area (Å²) in [5, 5.41) is 1.09. The molecule has 0 amide bonds. The van der Waals surface area contributed by atoms with Gasteiger partial charge in [0.2, 0.25) is 0 Å². The quantitative estimate of drug-likeness (QED) is 0.645. The van der Waals surface area contributed by atoms with Crippen LogP contribution < -0.4 is 0 Å². The summed E-state index contributed by atoms with van der Waals surface area (Å²) in [5.74, 6) is 0.0772. The van der Waals surface area contributed by atoms with E-state index in [9.17, 15) is 4.79 Å². The van der Waals surface area contributed by atoms with Gasteiger partial charge in [0.25, 0.3) is 0 Å². The van der Waals surface area contributed by atoms with Crippen molar-refractivity contribution in [2.75, 3.05) is 0 Å². The van der Waals surface area contributed by atoms with Crippen molar-refractivity contribution in [3.8, 4) is 0 Å². The molecule has 0 aliphatic heterocycles. The second kappa shape index (κ2) is 5.78. The smallest absolute Gasteiger partial charge is 0.169 e. The molecule has 3 aromatic rings. The standard InChI is InChI=1S/C18H14BrNO/c1-12-6-9-16(19)15(10-12)18(21)11-14-8-7-13-4-2-3-5-17(13)20-14/h2-10H,11H2,1H3. The van der Waals surface area contributed by atoms with Crippen molar-refractivity contribution in [3.05, 3.63) is 75.9 Å². The minimum Gasteiger partial charge on any atom is -0.294 e. The minimum absolute atomic E-state index is 0.0772. The third-order valence-corrected chi connectivity index (χ3v) is 4.11. The number of hydrogen-bond acceptors (Lipinski definition) is 2. The van der Waals surface area contributed by atoms with E-state index in [4.69, 9.17) is 0 Å². The van der Waals surface area contributed by atoms with Crippen molar-refractivity contribution >= 4 is 32.6 Å². The molecule has 0 aliphatic carbocycles. The van der Waals surface area contributed by atoms with Gasteiger partial charge >= 0.3 is 0 Å². The number of carbonyl (C=O) groups excluding carboxylic acids is 1. The fourth-order valence-electron chi connectivity index (χ4n) is 2.32. The van der Waals surface area contributed by atoms with Crippen LogP contribution in [0.2, 0.25) is 0 Å². The van der Waals surface area contributed by atoms with Gasteiger partial charge in [0.15, 0.2) is 5.78 Å². The number of aromatic nitrogens is 1. The summed E-state index contributed by atoms with van der Waals surface area (Å²) in [7, 11) is 0. The van der Waals surface area contributed by atoms with Gasteiger partial charge in [-0.3, -0.25) is 9.78 Å². The summed E-state index contributed by atoms with van der Waals surface area (Å²) in [4.78, 5) is 17.0. The number of fused-ring (bicyclic) bond motifs is 1. The lowest BCUT2D eigenvalue weighted by molar-refractivity contribution is 0.0991. The summed E-state index contributed by atoms with van der Waals surface area (Å²) in [6.45, 7) is 1.98. The van der Waals surface area contributed by atoms with Gasteiger partial charge in [-0.2, -0.15) is 0 Å². The molecular weight excluding hydrogens is 326 g/mol. The molecule has 2 nitrogen and oxygen atoms in total. The number of para-hydroxylation sites is 1. The summed E-state index contributed by atoms with van der Waals surface area (Å²) in [6, 6.07) is 17.7. The molecule has 0 spiro atoms. The van der Waals surface area contributed by atoms with Crippen molar-refractivity contribution in [2.45, 2.75) is 13.3 Å². The molecule has 0 saturated carbocycles. The molecule has 0 unspecified atom stereocenters. The number of ketones is 1. The third-order valence-electron chi connectivity index (χ3n) is 3.42. The van der Waals surface area contributed by atoms with E-state index in [1.54, 1.807) is 0 Å². The molecule has 0 fully saturated rings. The Morgan fingerprint density at radius 1 is 1.10 bits per heavy atom. The van der Waals surface area contributed by atoms with Crippen LogP contribution in [-0.2, 0) is 6.42 Å². The largest absolute Gasteiger partial charge is 0.294 e. The van der Waals surface area contributed by atoms with E-state index in [-0.39, 0.29) is 5.78 Å². The first-order valence-corrected chi connectivity index (χ1v) is 7.57. The van der Waals surface area contributed by atoms with Crippen molar-refractivity contribution in [1.82, 2.24) is 4.98 Å². The SMILES string of the molecule is Cc1ccc(Br)c(C(=O)Cc2ccc3ccccc3n2)c1. The van der Waals surface area contributed by atoms with Crippen LogP contribution in [0.4, 0.5) is 0 Å². The van der Waals surface area contributed by atoms with E-state index in [0.29, 0.717) is 12.0 Å². The molecular formula is C18H14BrNO. The molecule has 0 atom stereocenters. The molecule has 0 saturated heterocycles. The molecule has 0 bridgehead atoms. The highest BCUT2D eigenvalue weighted by Gasteiger charge is 2.12. The number of Topliss-reactive ketones (excluding diaryl/α,β-unsaturated/α-hetero) is 1. The molecule has 1 heterocycles. The number of carbonyl (C=O) groups is 1. The summed E-state index contributed by atoms with van der Waals surface area (Å²) >= 11 is 3.44. The second-order valence-electron chi connectivity index (χ2n) is 5.08. The monoisotopic (exact) mass is 339 g/mol. The normalized spacial score (nSPS) is 10.8. The Morgan fingerprint density at radius 2 is 1.90 bits per heavy atom. The average molecular weight is 340 g/mol. The van der Waals surface area contributed by atoms with Crippen LogP contribution in [0.15, 0.2) is 59.1 Å².